The fourth-order valence-corrected chi connectivity index (χ4v) is 4.12. The molecule has 2 aliphatic heterocycles. The van der Waals surface area contributed by atoms with Crippen LogP contribution in [-0.2, 0) is 22.4 Å². The van der Waals surface area contributed by atoms with Gasteiger partial charge in [-0.25, -0.2) is 0 Å². The van der Waals surface area contributed by atoms with Crippen molar-refractivity contribution in [2.45, 2.75) is 70.4 Å². The molecule has 0 bridgehead atoms. The Balaban J connectivity index is 1.27. The number of nitrogens with zero attached hydrogens (tertiary/aromatic N) is 1. The van der Waals surface area contributed by atoms with Gasteiger partial charge in [0.05, 0.1) is 6.42 Å². The van der Waals surface area contributed by atoms with Gasteiger partial charge in [-0.05, 0) is 69.6 Å². The minimum absolute atomic E-state index is 0.0685. The standard InChI is InChI=1S/C22H30N2O3/c1-22(2)10-7-17-13-15(3-6-19(17)27-22)14-20(25)23-18-8-11-24(12-9-18)21(26)16-4-5-16/h3,6,13,16,18H,4-5,7-12,14H2,1-2H3,(H,23,25). The number of carbonyl (C=O) groups is 2. The van der Waals surface area contributed by atoms with Crippen LogP contribution in [-0.4, -0.2) is 41.4 Å². The number of hydrogen-bond donors (Lipinski definition) is 1. The largest absolute Gasteiger partial charge is 0.488 e. The monoisotopic (exact) mass is 370 g/mol. The highest BCUT2D eigenvalue weighted by molar-refractivity contribution is 5.81. The van der Waals surface area contributed by atoms with E-state index in [0.717, 1.165) is 62.9 Å². The van der Waals surface area contributed by atoms with Crippen molar-refractivity contribution in [3.05, 3.63) is 29.3 Å². The lowest BCUT2D eigenvalue weighted by atomic mass is 9.93. The third kappa shape index (κ3) is 4.45. The van der Waals surface area contributed by atoms with Gasteiger partial charge >= 0.3 is 0 Å². The van der Waals surface area contributed by atoms with Gasteiger partial charge in [0.2, 0.25) is 11.8 Å². The Kier molecular flexibility index (Phi) is 4.87. The van der Waals surface area contributed by atoms with E-state index in [9.17, 15) is 9.59 Å². The van der Waals surface area contributed by atoms with E-state index < -0.39 is 0 Å². The summed E-state index contributed by atoms with van der Waals surface area (Å²) in [5, 5.41) is 3.16. The molecular weight excluding hydrogens is 340 g/mol. The van der Waals surface area contributed by atoms with Crippen molar-refractivity contribution in [2.75, 3.05) is 13.1 Å². The topological polar surface area (TPSA) is 58.6 Å². The highest BCUT2D eigenvalue weighted by atomic mass is 16.5. The van der Waals surface area contributed by atoms with Crippen molar-refractivity contribution >= 4 is 11.8 Å². The predicted octanol–water partition coefficient (Wildman–Crippen LogP) is 2.85. The summed E-state index contributed by atoms with van der Waals surface area (Å²) in [5.41, 5.74) is 2.13. The molecule has 0 atom stereocenters. The predicted molar refractivity (Wildman–Crippen MR) is 104 cm³/mol. The van der Waals surface area contributed by atoms with Gasteiger partial charge in [0.25, 0.3) is 0 Å². The van der Waals surface area contributed by atoms with Gasteiger partial charge in [-0.3, -0.25) is 9.59 Å². The molecule has 0 unspecified atom stereocenters. The van der Waals surface area contributed by atoms with Crippen molar-refractivity contribution in [3.8, 4) is 5.75 Å². The summed E-state index contributed by atoms with van der Waals surface area (Å²) in [6.45, 7) is 5.76. The van der Waals surface area contributed by atoms with Crippen molar-refractivity contribution in [2.24, 2.45) is 5.92 Å². The third-order valence-electron chi connectivity index (χ3n) is 5.97. The van der Waals surface area contributed by atoms with E-state index >= 15 is 0 Å². The van der Waals surface area contributed by atoms with Crippen LogP contribution in [0.2, 0.25) is 0 Å². The average Bonchev–Trinajstić information content (AvgIpc) is 3.46. The number of amides is 2. The number of nitrogens with one attached hydrogen (secondary N) is 1. The molecule has 4 rings (SSSR count). The first-order valence-corrected chi connectivity index (χ1v) is 10.3. The Morgan fingerprint density at radius 2 is 1.93 bits per heavy atom. The second-order valence-corrected chi connectivity index (χ2v) is 8.92. The molecule has 1 N–H and O–H groups in total. The molecule has 5 heteroatoms. The van der Waals surface area contributed by atoms with Gasteiger partial charge in [0.1, 0.15) is 11.4 Å². The molecular formula is C22H30N2O3. The van der Waals surface area contributed by atoms with Crippen LogP contribution >= 0.6 is 0 Å². The number of likely N-dealkylation sites (tertiary alicyclic amines) is 1. The normalized spacial score (nSPS) is 21.9. The lowest BCUT2D eigenvalue weighted by molar-refractivity contribution is -0.133. The molecule has 1 saturated carbocycles. The number of benzene rings is 1. The lowest BCUT2D eigenvalue weighted by Gasteiger charge is -2.33. The third-order valence-corrected chi connectivity index (χ3v) is 5.97. The van der Waals surface area contributed by atoms with Crippen LogP contribution in [0.3, 0.4) is 0 Å². The van der Waals surface area contributed by atoms with Crippen molar-refractivity contribution < 1.29 is 14.3 Å². The Morgan fingerprint density at radius 1 is 1.19 bits per heavy atom. The van der Waals surface area contributed by atoms with E-state index in [1.165, 1.54) is 5.56 Å². The summed E-state index contributed by atoms with van der Waals surface area (Å²) in [6, 6.07) is 6.29. The van der Waals surface area contributed by atoms with Crippen LogP contribution in [0.5, 0.6) is 5.75 Å². The zero-order valence-electron chi connectivity index (χ0n) is 16.4. The lowest BCUT2D eigenvalue weighted by Crippen LogP contribution is -2.47. The Labute approximate surface area is 161 Å². The van der Waals surface area contributed by atoms with Crippen molar-refractivity contribution in [1.82, 2.24) is 10.2 Å². The van der Waals surface area contributed by atoms with Crippen LogP contribution < -0.4 is 10.1 Å². The van der Waals surface area contributed by atoms with Gasteiger partial charge < -0.3 is 15.0 Å². The number of carbonyl (C=O) groups excluding carboxylic acids is 2. The molecule has 5 nitrogen and oxygen atoms in total. The minimum Gasteiger partial charge on any atom is -0.488 e. The first-order chi connectivity index (χ1) is 12.9. The van der Waals surface area contributed by atoms with E-state index in [-0.39, 0.29) is 23.5 Å². The fraction of sp³-hybridized carbons (Fsp3) is 0.636. The molecule has 0 spiro atoms. The van der Waals surface area contributed by atoms with E-state index in [0.29, 0.717) is 12.3 Å². The van der Waals surface area contributed by atoms with E-state index in [4.69, 9.17) is 4.74 Å². The van der Waals surface area contributed by atoms with Crippen LogP contribution in [0.4, 0.5) is 0 Å². The molecule has 1 aromatic carbocycles. The zero-order chi connectivity index (χ0) is 19.0. The van der Waals surface area contributed by atoms with E-state index in [2.05, 4.69) is 25.2 Å². The number of fused-ring (bicyclic) bond motifs is 1. The maximum Gasteiger partial charge on any atom is 0.225 e. The summed E-state index contributed by atoms with van der Waals surface area (Å²) in [7, 11) is 0. The van der Waals surface area contributed by atoms with Crippen molar-refractivity contribution in [3.63, 3.8) is 0 Å². The maximum atomic E-state index is 12.5. The second kappa shape index (κ2) is 7.17. The molecule has 1 saturated heterocycles. The van der Waals surface area contributed by atoms with E-state index in [1.54, 1.807) is 0 Å². The van der Waals surface area contributed by atoms with Gasteiger partial charge in [0, 0.05) is 25.0 Å². The molecule has 2 amide bonds. The molecule has 2 fully saturated rings. The number of ether oxygens (including phenoxy) is 1. The van der Waals surface area contributed by atoms with Crippen molar-refractivity contribution in [1.29, 1.82) is 0 Å². The first-order valence-electron chi connectivity index (χ1n) is 10.3. The Morgan fingerprint density at radius 3 is 2.63 bits per heavy atom. The molecule has 27 heavy (non-hydrogen) atoms. The summed E-state index contributed by atoms with van der Waals surface area (Å²) < 4.78 is 6.02. The number of hydrogen-bond acceptors (Lipinski definition) is 3. The van der Waals surface area contributed by atoms with Crippen LogP contribution in [0.1, 0.15) is 57.1 Å². The van der Waals surface area contributed by atoms with E-state index in [1.807, 2.05) is 17.0 Å². The minimum atomic E-state index is -0.109. The molecule has 1 aromatic rings. The molecule has 0 radical (unpaired) electrons. The summed E-state index contributed by atoms with van der Waals surface area (Å²) >= 11 is 0. The molecule has 3 aliphatic rings. The average molecular weight is 370 g/mol. The molecule has 1 aliphatic carbocycles. The highest BCUT2D eigenvalue weighted by Crippen LogP contribution is 2.34. The maximum absolute atomic E-state index is 12.5. The number of piperidine rings is 1. The first kappa shape index (κ1) is 18.3. The van der Waals surface area contributed by atoms with Crippen LogP contribution in [0.25, 0.3) is 0 Å². The highest BCUT2D eigenvalue weighted by Gasteiger charge is 2.35. The number of rotatable bonds is 4. The fourth-order valence-electron chi connectivity index (χ4n) is 4.12. The number of aryl methyl sites for hydroxylation is 1. The summed E-state index contributed by atoms with van der Waals surface area (Å²) in [4.78, 5) is 26.6. The summed E-state index contributed by atoms with van der Waals surface area (Å²) in [6.07, 6.45) is 6.21. The van der Waals surface area contributed by atoms with Gasteiger partial charge in [0.15, 0.2) is 0 Å². The quantitative estimate of drug-likeness (QED) is 0.887. The SMILES string of the molecule is CC1(C)CCc2cc(CC(=O)NC3CCN(C(=O)C4CC4)CC3)ccc2O1. The summed E-state index contributed by atoms with van der Waals surface area (Å²) in [5.74, 6) is 1.62. The van der Waals surface area contributed by atoms with Gasteiger partial charge in [-0.15, -0.1) is 0 Å². The van der Waals surface area contributed by atoms with Gasteiger partial charge in [-0.2, -0.15) is 0 Å². The van der Waals surface area contributed by atoms with Gasteiger partial charge in [-0.1, -0.05) is 12.1 Å². The van der Waals surface area contributed by atoms with Crippen LogP contribution in [0.15, 0.2) is 18.2 Å². The zero-order valence-corrected chi connectivity index (χ0v) is 16.4. The molecule has 0 aromatic heterocycles. The second-order valence-electron chi connectivity index (χ2n) is 8.92. The Bertz CT molecular complexity index is 731. The molecule has 2 heterocycles. The molecule has 146 valence electrons. The smallest absolute Gasteiger partial charge is 0.225 e. The Hall–Kier alpha value is -2.04. The van der Waals surface area contributed by atoms with Crippen LogP contribution in [0, 0.1) is 5.92 Å².